The molecule has 1 N–H and O–H groups in total. The van der Waals surface area contributed by atoms with E-state index in [0.29, 0.717) is 13.2 Å². The van der Waals surface area contributed by atoms with Crippen LogP contribution in [0.25, 0.3) is 0 Å². The van der Waals surface area contributed by atoms with Gasteiger partial charge in [0, 0.05) is 0 Å². The number of hydrogen-bond acceptors (Lipinski definition) is 4. The first-order chi connectivity index (χ1) is 11.8. The molecule has 3 rings (SSSR count). The van der Waals surface area contributed by atoms with Gasteiger partial charge in [-0.15, -0.1) is 0 Å². The average molecular weight is 328 g/mol. The van der Waals surface area contributed by atoms with E-state index in [1.54, 1.807) is 0 Å². The zero-order valence-corrected chi connectivity index (χ0v) is 13.9. The van der Waals surface area contributed by atoms with Crippen LogP contribution in [0, 0.1) is 0 Å². The molecule has 0 aliphatic carbocycles. The fraction of sp³-hybridized carbons (Fsp3) is 0.400. The van der Waals surface area contributed by atoms with E-state index in [4.69, 9.17) is 14.2 Å². The first-order valence-electron chi connectivity index (χ1n) is 8.42. The molecular weight excluding hydrogens is 304 g/mol. The topological polar surface area (TPSA) is 47.9 Å². The van der Waals surface area contributed by atoms with E-state index >= 15 is 0 Å². The van der Waals surface area contributed by atoms with E-state index in [9.17, 15) is 5.11 Å². The van der Waals surface area contributed by atoms with E-state index in [2.05, 4.69) is 0 Å². The number of rotatable bonds is 7. The van der Waals surface area contributed by atoms with Crippen LogP contribution in [-0.2, 0) is 27.4 Å². The SMILES string of the molecule is CC[C@@H]1OC(O)[C@H](OCc2ccccc2)[C@@H]1OCc1ccccc1. The van der Waals surface area contributed by atoms with Crippen molar-refractivity contribution in [1.29, 1.82) is 0 Å². The van der Waals surface area contributed by atoms with Crippen LogP contribution in [0.15, 0.2) is 60.7 Å². The van der Waals surface area contributed by atoms with E-state index in [1.807, 2.05) is 67.6 Å². The fourth-order valence-electron chi connectivity index (χ4n) is 2.95. The molecule has 0 spiro atoms. The van der Waals surface area contributed by atoms with Gasteiger partial charge in [-0.25, -0.2) is 0 Å². The monoisotopic (exact) mass is 328 g/mol. The Morgan fingerprint density at radius 3 is 1.83 bits per heavy atom. The Labute approximate surface area is 143 Å². The third-order valence-electron chi connectivity index (χ3n) is 4.26. The van der Waals surface area contributed by atoms with Gasteiger partial charge in [0.05, 0.1) is 19.3 Å². The van der Waals surface area contributed by atoms with Gasteiger partial charge < -0.3 is 19.3 Å². The van der Waals surface area contributed by atoms with E-state index in [0.717, 1.165) is 17.5 Å². The normalized spacial score (nSPS) is 26.6. The second kappa shape index (κ2) is 8.40. The Bertz CT molecular complexity index is 602. The Kier molecular flexibility index (Phi) is 5.99. The summed E-state index contributed by atoms with van der Waals surface area (Å²) in [5.74, 6) is 0. The molecular formula is C20H24O4. The van der Waals surface area contributed by atoms with Crippen LogP contribution in [-0.4, -0.2) is 29.7 Å². The summed E-state index contributed by atoms with van der Waals surface area (Å²) in [6, 6.07) is 19.9. The van der Waals surface area contributed by atoms with E-state index < -0.39 is 12.4 Å². The summed E-state index contributed by atoms with van der Waals surface area (Å²) in [4.78, 5) is 0. The molecule has 1 fully saturated rings. The second-order valence-corrected chi connectivity index (χ2v) is 6.00. The molecule has 2 aromatic carbocycles. The van der Waals surface area contributed by atoms with Gasteiger partial charge in [-0.05, 0) is 17.5 Å². The Hall–Kier alpha value is -1.72. The highest BCUT2D eigenvalue weighted by Crippen LogP contribution is 2.28. The molecule has 4 heteroatoms. The van der Waals surface area contributed by atoms with Crippen molar-refractivity contribution in [1.82, 2.24) is 0 Å². The first kappa shape index (κ1) is 17.1. The van der Waals surface area contributed by atoms with Crippen molar-refractivity contribution in [3.8, 4) is 0 Å². The summed E-state index contributed by atoms with van der Waals surface area (Å²) < 4.78 is 17.6. The molecule has 128 valence electrons. The number of hydrogen-bond donors (Lipinski definition) is 1. The van der Waals surface area contributed by atoms with Gasteiger partial charge >= 0.3 is 0 Å². The maximum Gasteiger partial charge on any atom is 0.184 e. The summed E-state index contributed by atoms with van der Waals surface area (Å²) >= 11 is 0. The quantitative estimate of drug-likeness (QED) is 0.847. The molecule has 1 unspecified atom stereocenters. The van der Waals surface area contributed by atoms with E-state index in [1.165, 1.54) is 0 Å². The number of benzene rings is 2. The Morgan fingerprint density at radius 2 is 1.33 bits per heavy atom. The maximum atomic E-state index is 10.2. The standard InChI is InChI=1S/C20H24O4/c1-2-17-18(22-13-15-9-5-3-6-10-15)19(20(21)24-17)23-14-16-11-7-4-8-12-16/h3-12,17-21H,2,13-14H2,1H3/t17-,18+,19+,20?/m0/s1. The molecule has 1 aliphatic rings. The Balaban J connectivity index is 1.63. The Morgan fingerprint density at radius 1 is 0.833 bits per heavy atom. The lowest BCUT2D eigenvalue weighted by atomic mass is 10.1. The predicted molar refractivity (Wildman–Crippen MR) is 91.2 cm³/mol. The lowest BCUT2D eigenvalue weighted by Crippen LogP contribution is -2.37. The van der Waals surface area contributed by atoms with Gasteiger partial charge in [0.25, 0.3) is 0 Å². The van der Waals surface area contributed by atoms with Gasteiger partial charge in [0.15, 0.2) is 6.29 Å². The highest BCUT2D eigenvalue weighted by Gasteiger charge is 2.44. The van der Waals surface area contributed by atoms with Crippen molar-refractivity contribution >= 4 is 0 Å². The van der Waals surface area contributed by atoms with Crippen molar-refractivity contribution in [2.45, 2.75) is 51.2 Å². The van der Waals surface area contributed by atoms with Crippen LogP contribution in [0.1, 0.15) is 24.5 Å². The predicted octanol–water partition coefficient (Wildman–Crippen LogP) is 3.28. The summed E-state index contributed by atoms with van der Waals surface area (Å²) in [5, 5.41) is 10.2. The van der Waals surface area contributed by atoms with Crippen LogP contribution in [0.4, 0.5) is 0 Å². The lowest BCUT2D eigenvalue weighted by Gasteiger charge is -2.23. The van der Waals surface area contributed by atoms with Crippen molar-refractivity contribution in [2.75, 3.05) is 0 Å². The molecule has 1 aliphatic heterocycles. The van der Waals surface area contributed by atoms with Crippen molar-refractivity contribution in [3.05, 3.63) is 71.8 Å². The fourth-order valence-corrected chi connectivity index (χ4v) is 2.95. The minimum absolute atomic E-state index is 0.163. The summed E-state index contributed by atoms with van der Waals surface area (Å²) in [5.41, 5.74) is 2.15. The zero-order chi connectivity index (χ0) is 16.8. The third-order valence-corrected chi connectivity index (χ3v) is 4.26. The van der Waals surface area contributed by atoms with Crippen molar-refractivity contribution in [3.63, 3.8) is 0 Å². The summed E-state index contributed by atoms with van der Waals surface area (Å²) in [6.45, 7) is 2.92. The molecule has 1 saturated heterocycles. The minimum Gasteiger partial charge on any atom is -0.368 e. The van der Waals surface area contributed by atoms with Gasteiger partial charge in [-0.1, -0.05) is 67.6 Å². The van der Waals surface area contributed by atoms with Crippen LogP contribution in [0.5, 0.6) is 0 Å². The van der Waals surface area contributed by atoms with Gasteiger partial charge in [0.2, 0.25) is 0 Å². The molecule has 2 aromatic rings. The van der Waals surface area contributed by atoms with Gasteiger partial charge in [-0.3, -0.25) is 0 Å². The largest absolute Gasteiger partial charge is 0.368 e. The molecule has 0 amide bonds. The average Bonchev–Trinajstić information content (AvgIpc) is 2.94. The maximum absolute atomic E-state index is 10.2. The molecule has 0 saturated carbocycles. The first-order valence-corrected chi connectivity index (χ1v) is 8.42. The highest BCUT2D eigenvalue weighted by molar-refractivity contribution is 5.14. The van der Waals surface area contributed by atoms with Crippen LogP contribution >= 0.6 is 0 Å². The van der Waals surface area contributed by atoms with E-state index in [-0.39, 0.29) is 12.2 Å². The van der Waals surface area contributed by atoms with Crippen molar-refractivity contribution < 1.29 is 19.3 Å². The minimum atomic E-state index is -0.959. The number of aliphatic hydroxyl groups is 1. The summed E-state index contributed by atoms with van der Waals surface area (Å²) in [7, 11) is 0. The smallest absolute Gasteiger partial charge is 0.184 e. The highest BCUT2D eigenvalue weighted by atomic mass is 16.7. The molecule has 0 bridgehead atoms. The summed E-state index contributed by atoms with van der Waals surface area (Å²) in [6.07, 6.45) is -1.13. The molecule has 24 heavy (non-hydrogen) atoms. The lowest BCUT2D eigenvalue weighted by molar-refractivity contribution is -0.149. The molecule has 0 aromatic heterocycles. The molecule has 0 radical (unpaired) electrons. The zero-order valence-electron chi connectivity index (χ0n) is 13.9. The third kappa shape index (κ3) is 4.22. The molecule has 4 nitrogen and oxygen atoms in total. The van der Waals surface area contributed by atoms with Crippen LogP contribution in [0.3, 0.4) is 0 Å². The number of aliphatic hydroxyl groups excluding tert-OH is 1. The van der Waals surface area contributed by atoms with Crippen molar-refractivity contribution in [2.24, 2.45) is 0 Å². The number of ether oxygens (including phenoxy) is 3. The molecule has 1 heterocycles. The van der Waals surface area contributed by atoms with Crippen LogP contribution in [0.2, 0.25) is 0 Å². The second-order valence-electron chi connectivity index (χ2n) is 6.00. The van der Waals surface area contributed by atoms with Gasteiger partial charge in [-0.2, -0.15) is 0 Å². The van der Waals surface area contributed by atoms with Gasteiger partial charge in [0.1, 0.15) is 12.2 Å². The van der Waals surface area contributed by atoms with Crippen LogP contribution < -0.4 is 0 Å². The molecule has 4 atom stereocenters.